The highest BCUT2D eigenvalue weighted by molar-refractivity contribution is 5.93. The molecular formula is C27H20F3N3O4. The maximum Gasteiger partial charge on any atom is 0.586 e. The molecule has 2 aliphatic rings. The first-order chi connectivity index (χ1) is 17.6. The summed E-state index contributed by atoms with van der Waals surface area (Å²) in [4.78, 5) is 13.2. The number of aromatic nitrogens is 2. The highest BCUT2D eigenvalue weighted by Crippen LogP contribution is 2.44. The minimum atomic E-state index is -3.77. The maximum absolute atomic E-state index is 13.6. The number of fused-ring (bicyclic) bond motifs is 2. The number of carbonyl (C=O) groups excluding carboxylic acids is 1. The van der Waals surface area contributed by atoms with Crippen molar-refractivity contribution in [3.05, 3.63) is 78.2 Å². The molecule has 0 aliphatic carbocycles. The molecule has 1 aromatic heterocycles. The monoisotopic (exact) mass is 507 g/mol. The molecule has 0 atom stereocenters. The third kappa shape index (κ3) is 4.35. The first kappa shape index (κ1) is 23.0. The van der Waals surface area contributed by atoms with E-state index in [0.29, 0.717) is 34.5 Å². The lowest BCUT2D eigenvalue weighted by molar-refractivity contribution is -0.286. The number of hydrogen-bond acceptors (Lipinski definition) is 5. The molecule has 37 heavy (non-hydrogen) atoms. The van der Waals surface area contributed by atoms with E-state index in [-0.39, 0.29) is 17.1 Å². The van der Waals surface area contributed by atoms with Crippen LogP contribution in [0, 0.1) is 5.82 Å². The van der Waals surface area contributed by atoms with Gasteiger partial charge in [-0.15, -0.1) is 8.78 Å². The van der Waals surface area contributed by atoms with Crippen LogP contribution < -0.4 is 19.5 Å². The van der Waals surface area contributed by atoms with E-state index in [2.05, 4.69) is 19.9 Å². The Labute approximate surface area is 209 Å². The second-order valence-corrected chi connectivity index (χ2v) is 9.46. The van der Waals surface area contributed by atoms with Crippen molar-refractivity contribution in [2.75, 3.05) is 5.32 Å². The molecular weight excluding hydrogens is 487 g/mol. The Morgan fingerprint density at radius 2 is 1.62 bits per heavy atom. The van der Waals surface area contributed by atoms with Crippen LogP contribution in [0.2, 0.25) is 0 Å². The first-order valence-corrected chi connectivity index (χ1v) is 11.4. The van der Waals surface area contributed by atoms with Crippen molar-refractivity contribution < 1.29 is 32.2 Å². The minimum Gasteiger partial charge on any atom is -0.487 e. The van der Waals surface area contributed by atoms with Crippen LogP contribution in [0.5, 0.6) is 17.2 Å². The fraction of sp³-hybridized carbons (Fsp3) is 0.185. The Morgan fingerprint density at radius 3 is 2.41 bits per heavy atom. The molecule has 1 N–H and O–H groups in total. The van der Waals surface area contributed by atoms with Crippen LogP contribution in [0.3, 0.4) is 0 Å². The topological polar surface area (TPSA) is 74.6 Å². The number of benzene rings is 3. The molecule has 0 unspecified atom stereocenters. The highest BCUT2D eigenvalue weighted by atomic mass is 19.3. The van der Waals surface area contributed by atoms with Gasteiger partial charge in [-0.2, -0.15) is 9.78 Å². The van der Waals surface area contributed by atoms with Crippen LogP contribution in [0.25, 0.3) is 22.4 Å². The molecule has 0 radical (unpaired) electrons. The number of ether oxygens (including phenoxy) is 3. The maximum atomic E-state index is 13.6. The summed E-state index contributed by atoms with van der Waals surface area (Å²) in [7, 11) is 0. The standard InChI is InChI=1S/C27H20F3N3O4/c1-26(2)13-17-11-19(8-10-21(17)35-26)31-25(34)33-14-20(15-3-6-18(28)7-4-15)24(32-33)16-5-9-22-23(12-16)37-27(29,30)36-22/h3-12,14H,13H2,1-2H3,(H,31,34). The van der Waals surface area contributed by atoms with Gasteiger partial charge < -0.3 is 19.5 Å². The number of halogens is 3. The number of hydrogen-bond donors (Lipinski definition) is 1. The quantitative estimate of drug-likeness (QED) is 0.344. The predicted molar refractivity (Wildman–Crippen MR) is 129 cm³/mol. The van der Waals surface area contributed by atoms with Gasteiger partial charge in [-0.05, 0) is 67.9 Å². The largest absolute Gasteiger partial charge is 0.586 e. The van der Waals surface area contributed by atoms with Gasteiger partial charge in [0.1, 0.15) is 22.9 Å². The van der Waals surface area contributed by atoms with Crippen LogP contribution in [-0.4, -0.2) is 27.7 Å². The number of nitrogens with zero attached hydrogens (tertiary/aromatic N) is 2. The number of amides is 1. The van der Waals surface area contributed by atoms with Gasteiger partial charge in [0.25, 0.3) is 0 Å². The molecule has 0 saturated heterocycles. The normalized spacial score (nSPS) is 16.2. The molecule has 0 spiro atoms. The van der Waals surface area contributed by atoms with E-state index in [4.69, 9.17) is 4.74 Å². The molecule has 2 aliphatic heterocycles. The molecule has 1 amide bonds. The Morgan fingerprint density at radius 1 is 0.919 bits per heavy atom. The number of rotatable bonds is 3. The van der Waals surface area contributed by atoms with Crippen LogP contribution in [0.1, 0.15) is 19.4 Å². The average Bonchev–Trinajstić information content (AvgIpc) is 3.49. The lowest BCUT2D eigenvalue weighted by Gasteiger charge is -2.16. The second kappa shape index (κ2) is 8.02. The molecule has 7 nitrogen and oxygen atoms in total. The number of carbonyl (C=O) groups is 1. The van der Waals surface area contributed by atoms with E-state index in [1.807, 2.05) is 19.9 Å². The Hall–Kier alpha value is -4.47. The Balaban J connectivity index is 1.35. The average molecular weight is 507 g/mol. The van der Waals surface area contributed by atoms with Crippen LogP contribution in [-0.2, 0) is 6.42 Å². The zero-order valence-electron chi connectivity index (χ0n) is 19.7. The summed E-state index contributed by atoms with van der Waals surface area (Å²) in [6.07, 6.45) is -1.57. The smallest absolute Gasteiger partial charge is 0.487 e. The van der Waals surface area contributed by atoms with Crippen molar-refractivity contribution in [2.45, 2.75) is 32.2 Å². The zero-order chi connectivity index (χ0) is 25.9. The first-order valence-electron chi connectivity index (χ1n) is 11.4. The summed E-state index contributed by atoms with van der Waals surface area (Å²) in [6.45, 7) is 3.98. The molecule has 3 heterocycles. The van der Waals surface area contributed by atoms with Crippen molar-refractivity contribution in [3.8, 4) is 39.6 Å². The molecule has 6 rings (SSSR count). The van der Waals surface area contributed by atoms with Crippen LogP contribution in [0.4, 0.5) is 23.7 Å². The molecule has 3 aromatic carbocycles. The van der Waals surface area contributed by atoms with Crippen LogP contribution >= 0.6 is 0 Å². The SMILES string of the molecule is CC1(C)Cc2cc(NC(=O)n3cc(-c4ccc(F)cc4)c(-c4ccc5c(c4)OC(F)(F)O5)n3)ccc2O1. The fourth-order valence-corrected chi connectivity index (χ4v) is 4.50. The van der Waals surface area contributed by atoms with Gasteiger partial charge >= 0.3 is 12.3 Å². The van der Waals surface area contributed by atoms with E-state index in [1.165, 1.54) is 36.5 Å². The molecule has 188 valence electrons. The van der Waals surface area contributed by atoms with Gasteiger partial charge in [-0.25, -0.2) is 9.18 Å². The summed E-state index contributed by atoms with van der Waals surface area (Å²) in [5.74, 6) is 0.0775. The lowest BCUT2D eigenvalue weighted by Crippen LogP contribution is -2.25. The number of anilines is 1. The molecule has 10 heteroatoms. The summed E-state index contributed by atoms with van der Waals surface area (Å²) in [6, 6.07) is 14.7. The van der Waals surface area contributed by atoms with Gasteiger partial charge in [-0.3, -0.25) is 0 Å². The lowest BCUT2D eigenvalue weighted by atomic mass is 10.0. The Bertz CT molecular complexity index is 1550. The van der Waals surface area contributed by atoms with Crippen molar-refractivity contribution in [2.24, 2.45) is 0 Å². The summed E-state index contributed by atoms with van der Waals surface area (Å²) < 4.78 is 56.7. The number of alkyl halides is 2. The molecule has 0 fully saturated rings. The highest BCUT2D eigenvalue weighted by Gasteiger charge is 2.43. The van der Waals surface area contributed by atoms with Gasteiger partial charge in [-0.1, -0.05) is 12.1 Å². The van der Waals surface area contributed by atoms with Gasteiger partial charge in [0.05, 0.1) is 0 Å². The van der Waals surface area contributed by atoms with E-state index >= 15 is 0 Å². The Kier molecular flexibility index (Phi) is 4.98. The summed E-state index contributed by atoms with van der Waals surface area (Å²) >= 11 is 0. The van der Waals surface area contributed by atoms with E-state index < -0.39 is 18.1 Å². The molecule has 0 bridgehead atoms. The van der Waals surface area contributed by atoms with E-state index in [0.717, 1.165) is 16.0 Å². The van der Waals surface area contributed by atoms with Gasteiger partial charge in [0.15, 0.2) is 11.5 Å². The second-order valence-electron chi connectivity index (χ2n) is 9.46. The van der Waals surface area contributed by atoms with Crippen molar-refractivity contribution in [1.29, 1.82) is 0 Å². The van der Waals surface area contributed by atoms with Crippen molar-refractivity contribution >= 4 is 11.7 Å². The van der Waals surface area contributed by atoms with Crippen molar-refractivity contribution in [3.63, 3.8) is 0 Å². The third-order valence-corrected chi connectivity index (χ3v) is 6.07. The van der Waals surface area contributed by atoms with Gasteiger partial charge in [0.2, 0.25) is 0 Å². The summed E-state index contributed by atoms with van der Waals surface area (Å²) in [5.41, 5.74) is 3.01. The minimum absolute atomic E-state index is 0.113. The summed E-state index contributed by atoms with van der Waals surface area (Å²) in [5, 5.41) is 7.26. The van der Waals surface area contributed by atoms with E-state index in [1.54, 1.807) is 24.3 Å². The molecule has 0 saturated carbocycles. The van der Waals surface area contributed by atoms with Gasteiger partial charge in [0, 0.05) is 35.0 Å². The number of nitrogens with one attached hydrogen (secondary N) is 1. The predicted octanol–water partition coefficient (Wildman–Crippen LogP) is 6.47. The van der Waals surface area contributed by atoms with E-state index in [9.17, 15) is 18.0 Å². The fourth-order valence-electron chi connectivity index (χ4n) is 4.50. The zero-order valence-corrected chi connectivity index (χ0v) is 19.7. The molecule has 4 aromatic rings. The third-order valence-electron chi connectivity index (χ3n) is 6.07. The van der Waals surface area contributed by atoms with Crippen molar-refractivity contribution in [1.82, 2.24) is 9.78 Å². The van der Waals surface area contributed by atoms with Crippen LogP contribution in [0.15, 0.2) is 66.9 Å².